The smallest absolute Gasteiger partial charge is 0.342 e. The first kappa shape index (κ1) is 14.3. The molecule has 1 fully saturated rings. The number of aromatic carboxylic acids is 1. The third-order valence-corrected chi connectivity index (χ3v) is 3.96. The zero-order chi connectivity index (χ0) is 14.9. The van der Waals surface area contributed by atoms with Gasteiger partial charge in [-0.1, -0.05) is 6.92 Å². The van der Waals surface area contributed by atoms with Crippen LogP contribution in [0.1, 0.15) is 43.5 Å². The number of hydrogen-bond acceptors (Lipinski definition) is 4. The largest absolute Gasteiger partial charge is 0.477 e. The van der Waals surface area contributed by atoms with E-state index in [1.54, 1.807) is 6.07 Å². The average molecular weight is 278 g/mol. The fraction of sp³-hybridized carbons (Fsp3) is 0.500. The SMILES string of the molecule is CCC1CCC(C)N1c1ccc(C(=O)O)c([N+](=O)[O-])c1. The molecule has 0 aliphatic carbocycles. The van der Waals surface area contributed by atoms with Crippen LogP contribution in [0.3, 0.4) is 0 Å². The molecule has 0 bridgehead atoms. The van der Waals surface area contributed by atoms with Gasteiger partial charge in [-0.15, -0.1) is 0 Å². The highest BCUT2D eigenvalue weighted by molar-refractivity contribution is 5.93. The Kier molecular flexibility index (Phi) is 3.92. The fourth-order valence-electron chi connectivity index (χ4n) is 2.95. The van der Waals surface area contributed by atoms with Gasteiger partial charge in [0.25, 0.3) is 5.69 Å². The van der Waals surface area contributed by atoms with Crippen LogP contribution in [0, 0.1) is 10.1 Å². The summed E-state index contributed by atoms with van der Waals surface area (Å²) in [6.07, 6.45) is 3.08. The lowest BCUT2D eigenvalue weighted by atomic mass is 10.1. The molecule has 1 N–H and O–H groups in total. The second kappa shape index (κ2) is 5.48. The van der Waals surface area contributed by atoms with Gasteiger partial charge in [0.15, 0.2) is 0 Å². The van der Waals surface area contributed by atoms with Gasteiger partial charge in [-0.2, -0.15) is 0 Å². The van der Waals surface area contributed by atoms with Crippen molar-refractivity contribution in [2.24, 2.45) is 0 Å². The van der Waals surface area contributed by atoms with E-state index < -0.39 is 10.9 Å². The summed E-state index contributed by atoms with van der Waals surface area (Å²) in [5.41, 5.74) is 0.126. The van der Waals surface area contributed by atoms with Crippen LogP contribution < -0.4 is 4.90 Å². The number of hydrogen-bond donors (Lipinski definition) is 1. The molecule has 0 spiro atoms. The summed E-state index contributed by atoms with van der Waals surface area (Å²) >= 11 is 0. The maximum atomic E-state index is 11.0. The Morgan fingerprint density at radius 2 is 2.20 bits per heavy atom. The van der Waals surface area contributed by atoms with Gasteiger partial charge in [-0.3, -0.25) is 10.1 Å². The van der Waals surface area contributed by atoms with Crippen molar-refractivity contribution in [1.29, 1.82) is 0 Å². The van der Waals surface area contributed by atoms with Gasteiger partial charge in [0, 0.05) is 23.8 Å². The molecule has 1 saturated heterocycles. The number of carboxylic acid groups (broad SMARTS) is 1. The molecule has 0 amide bonds. The molecule has 6 nitrogen and oxygen atoms in total. The maximum Gasteiger partial charge on any atom is 0.342 e. The highest BCUT2D eigenvalue weighted by Gasteiger charge is 2.31. The van der Waals surface area contributed by atoms with Crippen LogP contribution in [-0.2, 0) is 0 Å². The lowest BCUT2D eigenvalue weighted by Crippen LogP contribution is -2.34. The summed E-state index contributed by atoms with van der Waals surface area (Å²) < 4.78 is 0. The molecule has 1 heterocycles. The Bertz CT molecular complexity index is 544. The summed E-state index contributed by atoms with van der Waals surface area (Å²) in [6, 6.07) is 5.05. The minimum atomic E-state index is -1.27. The first-order valence-corrected chi connectivity index (χ1v) is 6.75. The van der Waals surface area contributed by atoms with Crippen molar-refractivity contribution in [1.82, 2.24) is 0 Å². The molecule has 0 radical (unpaired) electrons. The van der Waals surface area contributed by atoms with Crippen LogP contribution in [0.2, 0.25) is 0 Å². The average Bonchev–Trinajstić information content (AvgIpc) is 2.78. The molecule has 1 aliphatic rings. The standard InChI is InChI=1S/C14H18N2O4/c1-3-10-5-4-9(2)15(10)11-6-7-12(14(17)18)13(8-11)16(19)20/h6-10H,3-5H2,1-2H3,(H,17,18). The van der Waals surface area contributed by atoms with Crippen LogP contribution >= 0.6 is 0 Å². The summed E-state index contributed by atoms with van der Waals surface area (Å²) in [7, 11) is 0. The molecule has 1 aromatic rings. The molecule has 2 rings (SSSR count). The molecule has 1 aromatic carbocycles. The van der Waals surface area contributed by atoms with Crippen molar-refractivity contribution in [2.75, 3.05) is 4.90 Å². The first-order valence-electron chi connectivity index (χ1n) is 6.75. The Labute approximate surface area is 117 Å². The lowest BCUT2D eigenvalue weighted by molar-refractivity contribution is -0.385. The second-order valence-corrected chi connectivity index (χ2v) is 5.16. The van der Waals surface area contributed by atoms with E-state index in [1.807, 2.05) is 0 Å². The quantitative estimate of drug-likeness (QED) is 0.676. The zero-order valence-corrected chi connectivity index (χ0v) is 11.6. The van der Waals surface area contributed by atoms with Crippen LogP contribution in [0.25, 0.3) is 0 Å². The molecule has 20 heavy (non-hydrogen) atoms. The molecule has 1 aliphatic heterocycles. The maximum absolute atomic E-state index is 11.0. The number of nitro groups is 1. The van der Waals surface area contributed by atoms with Crippen LogP contribution in [0.4, 0.5) is 11.4 Å². The number of carboxylic acids is 1. The third-order valence-electron chi connectivity index (χ3n) is 3.96. The van der Waals surface area contributed by atoms with Gasteiger partial charge in [0.2, 0.25) is 0 Å². The van der Waals surface area contributed by atoms with Crippen molar-refractivity contribution >= 4 is 17.3 Å². The third kappa shape index (κ3) is 2.45. The van der Waals surface area contributed by atoms with Crippen LogP contribution in [-0.4, -0.2) is 28.1 Å². The van der Waals surface area contributed by atoms with Crippen molar-refractivity contribution in [2.45, 2.75) is 45.2 Å². The van der Waals surface area contributed by atoms with Crippen molar-refractivity contribution in [3.05, 3.63) is 33.9 Å². The van der Waals surface area contributed by atoms with Crippen molar-refractivity contribution in [3.8, 4) is 0 Å². The topological polar surface area (TPSA) is 83.7 Å². The predicted molar refractivity (Wildman–Crippen MR) is 75.3 cm³/mol. The van der Waals surface area contributed by atoms with Gasteiger partial charge in [-0.25, -0.2) is 4.79 Å². The van der Waals surface area contributed by atoms with Gasteiger partial charge in [-0.05, 0) is 38.3 Å². The first-order chi connectivity index (χ1) is 9.45. The molecule has 6 heteroatoms. The van der Waals surface area contributed by atoms with Gasteiger partial charge in [0.1, 0.15) is 5.56 Å². The number of rotatable bonds is 4. The molecule has 2 unspecified atom stereocenters. The molecular weight excluding hydrogens is 260 g/mol. The summed E-state index contributed by atoms with van der Waals surface area (Å²) in [4.78, 5) is 23.6. The number of nitro benzene ring substituents is 1. The zero-order valence-electron chi connectivity index (χ0n) is 11.6. The Balaban J connectivity index is 2.45. The van der Waals surface area contributed by atoms with E-state index in [0.29, 0.717) is 12.1 Å². The second-order valence-electron chi connectivity index (χ2n) is 5.16. The summed E-state index contributed by atoms with van der Waals surface area (Å²) in [6.45, 7) is 4.18. The van der Waals surface area contributed by atoms with Gasteiger partial charge in [0.05, 0.1) is 4.92 Å². The minimum absolute atomic E-state index is 0.265. The van der Waals surface area contributed by atoms with E-state index in [1.165, 1.54) is 12.1 Å². The number of anilines is 1. The molecule has 0 aromatic heterocycles. The van der Waals surface area contributed by atoms with Gasteiger partial charge >= 0.3 is 5.97 Å². The van der Waals surface area contributed by atoms with Crippen LogP contribution in [0.15, 0.2) is 18.2 Å². The van der Waals surface area contributed by atoms with Crippen molar-refractivity contribution in [3.63, 3.8) is 0 Å². The Hall–Kier alpha value is -2.11. The van der Waals surface area contributed by atoms with Gasteiger partial charge < -0.3 is 10.0 Å². The summed E-state index contributed by atoms with van der Waals surface area (Å²) in [5.74, 6) is -1.27. The molecule has 108 valence electrons. The Morgan fingerprint density at radius 3 is 2.75 bits per heavy atom. The van der Waals surface area contributed by atoms with Crippen molar-refractivity contribution < 1.29 is 14.8 Å². The molecule has 2 atom stereocenters. The number of carbonyl (C=O) groups is 1. The predicted octanol–water partition coefficient (Wildman–Crippen LogP) is 3.06. The molecular formula is C14H18N2O4. The van der Waals surface area contributed by atoms with E-state index in [4.69, 9.17) is 5.11 Å². The minimum Gasteiger partial charge on any atom is -0.477 e. The normalized spacial score (nSPS) is 22.0. The number of benzene rings is 1. The van der Waals surface area contributed by atoms with E-state index in [2.05, 4.69) is 18.7 Å². The highest BCUT2D eigenvalue weighted by atomic mass is 16.6. The fourth-order valence-corrected chi connectivity index (χ4v) is 2.95. The van der Waals surface area contributed by atoms with E-state index in [0.717, 1.165) is 24.9 Å². The van der Waals surface area contributed by atoms with E-state index in [9.17, 15) is 14.9 Å². The number of nitrogens with zero attached hydrogens (tertiary/aromatic N) is 2. The highest BCUT2D eigenvalue weighted by Crippen LogP contribution is 2.34. The summed E-state index contributed by atoms with van der Waals surface area (Å²) in [5, 5.41) is 20.1. The Morgan fingerprint density at radius 1 is 1.50 bits per heavy atom. The van der Waals surface area contributed by atoms with E-state index >= 15 is 0 Å². The molecule has 0 saturated carbocycles. The van der Waals surface area contributed by atoms with Crippen LogP contribution in [0.5, 0.6) is 0 Å². The lowest BCUT2D eigenvalue weighted by Gasteiger charge is -2.30. The monoisotopic (exact) mass is 278 g/mol. The van der Waals surface area contributed by atoms with E-state index in [-0.39, 0.29) is 11.3 Å².